The molecule has 1 aliphatic rings. The number of fused-ring (bicyclic) bond motifs is 1. The van der Waals surface area contributed by atoms with Crippen molar-refractivity contribution in [1.82, 2.24) is 19.6 Å². The first-order valence-electron chi connectivity index (χ1n) is 9.21. The molecule has 136 valence electrons. The molecule has 1 atom stereocenters. The largest absolute Gasteiger partial charge is 0.336 e. The number of aromatic nitrogens is 2. The van der Waals surface area contributed by atoms with Gasteiger partial charge in [0.25, 0.3) is 0 Å². The molecular formula is C19H28N4OS. The summed E-state index contributed by atoms with van der Waals surface area (Å²) in [4.78, 5) is 17.3. The fourth-order valence-corrected chi connectivity index (χ4v) is 4.16. The molecule has 0 bridgehead atoms. The number of nitrogens with zero attached hydrogens (tertiary/aromatic N) is 4. The Morgan fingerprint density at radius 1 is 1.32 bits per heavy atom. The number of amides is 1. The molecule has 2 aromatic heterocycles. The molecule has 0 unspecified atom stereocenters. The Bertz CT molecular complexity index is 663. The number of hydrogen-bond donors (Lipinski definition) is 0. The lowest BCUT2D eigenvalue weighted by Crippen LogP contribution is -2.36. The summed E-state index contributed by atoms with van der Waals surface area (Å²) in [7, 11) is 0. The molecule has 0 aliphatic carbocycles. The number of carbonyl (C=O) groups is 1. The molecule has 0 radical (unpaired) electrons. The first kappa shape index (κ1) is 18.1. The molecule has 0 spiro atoms. The Balaban J connectivity index is 1.68. The van der Waals surface area contributed by atoms with Gasteiger partial charge in [0, 0.05) is 19.3 Å². The van der Waals surface area contributed by atoms with Gasteiger partial charge in [-0.3, -0.25) is 9.48 Å². The van der Waals surface area contributed by atoms with Crippen LogP contribution in [0.1, 0.15) is 31.5 Å². The van der Waals surface area contributed by atoms with Crippen molar-refractivity contribution in [1.29, 1.82) is 0 Å². The molecule has 1 amide bonds. The van der Waals surface area contributed by atoms with Crippen molar-refractivity contribution < 1.29 is 4.79 Å². The van der Waals surface area contributed by atoms with E-state index in [1.54, 1.807) is 11.3 Å². The summed E-state index contributed by atoms with van der Waals surface area (Å²) in [5.74, 6) is 0.675. The highest BCUT2D eigenvalue weighted by molar-refractivity contribution is 7.07. The molecule has 0 saturated carbocycles. The topological polar surface area (TPSA) is 41.4 Å². The molecule has 0 fully saturated rings. The van der Waals surface area contributed by atoms with Gasteiger partial charge in [0.15, 0.2) is 0 Å². The van der Waals surface area contributed by atoms with E-state index in [0.717, 1.165) is 50.4 Å². The van der Waals surface area contributed by atoms with E-state index in [1.165, 1.54) is 0 Å². The minimum absolute atomic E-state index is 0.223. The van der Waals surface area contributed by atoms with Crippen LogP contribution in [0, 0.1) is 5.92 Å². The van der Waals surface area contributed by atoms with Crippen molar-refractivity contribution in [3.05, 3.63) is 40.3 Å². The van der Waals surface area contributed by atoms with Crippen LogP contribution in [0.15, 0.2) is 29.1 Å². The zero-order chi connectivity index (χ0) is 17.6. The Hall–Kier alpha value is -1.66. The van der Waals surface area contributed by atoms with E-state index < -0.39 is 0 Å². The van der Waals surface area contributed by atoms with Gasteiger partial charge in [0.1, 0.15) is 0 Å². The van der Waals surface area contributed by atoms with Crippen LogP contribution in [-0.4, -0.2) is 51.7 Å². The van der Waals surface area contributed by atoms with Gasteiger partial charge in [0.05, 0.1) is 18.7 Å². The standard InChI is InChI=1S/C19H28N4OS/c1-3-21(4-2)9-6-17-12-22(14-18-5-8-20-23(18)13-17)19(24)11-16-7-10-25-15-16/h5,7-8,10,15,17H,3-4,6,9,11-14H2,1-2H3/t17-/m0/s1. The van der Waals surface area contributed by atoms with Crippen molar-refractivity contribution >= 4 is 17.2 Å². The molecule has 25 heavy (non-hydrogen) atoms. The zero-order valence-electron chi connectivity index (χ0n) is 15.2. The summed E-state index contributed by atoms with van der Waals surface area (Å²) in [6.07, 6.45) is 3.45. The smallest absolute Gasteiger partial charge is 0.227 e. The van der Waals surface area contributed by atoms with Gasteiger partial charge in [-0.2, -0.15) is 16.4 Å². The molecule has 5 nitrogen and oxygen atoms in total. The maximum absolute atomic E-state index is 12.8. The van der Waals surface area contributed by atoms with E-state index >= 15 is 0 Å². The Labute approximate surface area is 154 Å². The van der Waals surface area contributed by atoms with Gasteiger partial charge in [-0.15, -0.1) is 0 Å². The van der Waals surface area contributed by atoms with Crippen LogP contribution in [0.4, 0.5) is 0 Å². The van der Waals surface area contributed by atoms with Crippen LogP contribution in [0.5, 0.6) is 0 Å². The molecular weight excluding hydrogens is 332 g/mol. The number of carbonyl (C=O) groups excluding carboxylic acids is 1. The average Bonchev–Trinajstić information content (AvgIpc) is 3.24. The van der Waals surface area contributed by atoms with E-state index in [2.05, 4.69) is 33.9 Å². The second-order valence-corrected chi connectivity index (χ2v) is 7.55. The SMILES string of the molecule is CCN(CC)CC[C@H]1CN(C(=O)Cc2ccsc2)Cc2ccnn2C1. The summed E-state index contributed by atoms with van der Waals surface area (Å²) in [6, 6.07) is 4.08. The molecule has 0 N–H and O–H groups in total. The lowest BCUT2D eigenvalue weighted by Gasteiger charge is -2.26. The molecule has 2 aromatic rings. The van der Waals surface area contributed by atoms with Crippen LogP contribution in [0.25, 0.3) is 0 Å². The number of hydrogen-bond acceptors (Lipinski definition) is 4. The van der Waals surface area contributed by atoms with E-state index in [-0.39, 0.29) is 5.91 Å². The van der Waals surface area contributed by atoms with Crippen LogP contribution >= 0.6 is 11.3 Å². The summed E-state index contributed by atoms with van der Waals surface area (Å²) >= 11 is 1.65. The van der Waals surface area contributed by atoms with E-state index in [1.807, 2.05) is 28.6 Å². The first-order chi connectivity index (χ1) is 12.2. The molecule has 6 heteroatoms. The molecule has 3 heterocycles. The van der Waals surface area contributed by atoms with Crippen molar-refractivity contribution in [3.8, 4) is 0 Å². The summed E-state index contributed by atoms with van der Waals surface area (Å²) in [6.45, 7) is 10.1. The van der Waals surface area contributed by atoms with Gasteiger partial charge in [-0.1, -0.05) is 13.8 Å². The highest BCUT2D eigenvalue weighted by atomic mass is 32.1. The zero-order valence-corrected chi connectivity index (χ0v) is 16.0. The first-order valence-corrected chi connectivity index (χ1v) is 10.2. The molecule has 0 saturated heterocycles. The lowest BCUT2D eigenvalue weighted by atomic mass is 10.0. The molecule has 3 rings (SSSR count). The third kappa shape index (κ3) is 4.70. The van der Waals surface area contributed by atoms with Crippen LogP contribution in [0.3, 0.4) is 0 Å². The second-order valence-electron chi connectivity index (χ2n) is 6.77. The van der Waals surface area contributed by atoms with Gasteiger partial charge in [0.2, 0.25) is 5.91 Å². The van der Waals surface area contributed by atoms with Gasteiger partial charge >= 0.3 is 0 Å². The second kappa shape index (κ2) is 8.63. The third-order valence-electron chi connectivity index (χ3n) is 5.10. The molecule has 0 aromatic carbocycles. The quantitative estimate of drug-likeness (QED) is 0.762. The minimum atomic E-state index is 0.223. The predicted molar refractivity (Wildman–Crippen MR) is 102 cm³/mol. The van der Waals surface area contributed by atoms with Crippen molar-refractivity contribution in [2.24, 2.45) is 5.92 Å². The Kier molecular flexibility index (Phi) is 6.26. The van der Waals surface area contributed by atoms with Gasteiger partial charge < -0.3 is 9.80 Å². The van der Waals surface area contributed by atoms with Crippen molar-refractivity contribution in [2.45, 2.75) is 39.8 Å². The van der Waals surface area contributed by atoms with E-state index in [9.17, 15) is 4.79 Å². The van der Waals surface area contributed by atoms with Crippen LogP contribution in [-0.2, 0) is 24.3 Å². The van der Waals surface area contributed by atoms with Crippen molar-refractivity contribution in [3.63, 3.8) is 0 Å². The monoisotopic (exact) mass is 360 g/mol. The van der Waals surface area contributed by atoms with Crippen molar-refractivity contribution in [2.75, 3.05) is 26.2 Å². The Morgan fingerprint density at radius 3 is 2.88 bits per heavy atom. The summed E-state index contributed by atoms with van der Waals surface area (Å²) in [5.41, 5.74) is 2.26. The maximum atomic E-state index is 12.8. The lowest BCUT2D eigenvalue weighted by molar-refractivity contribution is -0.131. The average molecular weight is 361 g/mol. The maximum Gasteiger partial charge on any atom is 0.227 e. The fraction of sp³-hybridized carbons (Fsp3) is 0.579. The van der Waals surface area contributed by atoms with Crippen LogP contribution < -0.4 is 0 Å². The van der Waals surface area contributed by atoms with Gasteiger partial charge in [-0.25, -0.2) is 0 Å². The fourth-order valence-electron chi connectivity index (χ4n) is 3.49. The van der Waals surface area contributed by atoms with E-state index in [4.69, 9.17) is 0 Å². The highest BCUT2D eigenvalue weighted by Gasteiger charge is 2.25. The minimum Gasteiger partial charge on any atom is -0.336 e. The van der Waals surface area contributed by atoms with E-state index in [0.29, 0.717) is 18.9 Å². The number of thiophene rings is 1. The van der Waals surface area contributed by atoms with Gasteiger partial charge in [-0.05, 0) is 60.4 Å². The normalized spacial score (nSPS) is 17.6. The predicted octanol–water partition coefficient (Wildman–Crippen LogP) is 2.88. The highest BCUT2D eigenvalue weighted by Crippen LogP contribution is 2.20. The number of rotatable bonds is 7. The summed E-state index contributed by atoms with van der Waals surface area (Å²) < 4.78 is 2.09. The summed E-state index contributed by atoms with van der Waals surface area (Å²) in [5, 5.41) is 8.57. The Morgan fingerprint density at radius 2 is 2.16 bits per heavy atom. The van der Waals surface area contributed by atoms with Crippen LogP contribution in [0.2, 0.25) is 0 Å². The molecule has 1 aliphatic heterocycles. The third-order valence-corrected chi connectivity index (χ3v) is 5.84.